The first-order valence-electron chi connectivity index (χ1n) is 8.24. The predicted octanol–water partition coefficient (Wildman–Crippen LogP) is 3.21. The van der Waals surface area contributed by atoms with Crippen LogP contribution in [0.5, 0.6) is 11.5 Å². The molecule has 1 amide bonds. The summed E-state index contributed by atoms with van der Waals surface area (Å²) in [5.41, 5.74) is -0.363. The summed E-state index contributed by atoms with van der Waals surface area (Å²) in [6.07, 6.45) is 0.752. The van der Waals surface area contributed by atoms with E-state index in [4.69, 9.17) is 25.8 Å². The maximum absolute atomic E-state index is 12.1. The summed E-state index contributed by atoms with van der Waals surface area (Å²) in [5, 5.41) is 13.7. The van der Waals surface area contributed by atoms with Gasteiger partial charge in [0.05, 0.1) is 18.1 Å². The molecule has 2 aromatic carbocycles. The van der Waals surface area contributed by atoms with Crippen LogP contribution in [-0.2, 0) is 9.53 Å². The summed E-state index contributed by atoms with van der Waals surface area (Å²) in [7, 11) is 0. The standard InChI is InChI=1S/C18H15ClN2O7/c19-11-2-4-14(21(24)25)13(8-11)18(23)28-10-17(22)20-12-3-5-15-16(9-12)27-7-1-6-26-15/h2-5,8-9H,1,6-7,10H2,(H,20,22). The molecule has 1 N–H and O–H groups in total. The zero-order valence-corrected chi connectivity index (χ0v) is 15.2. The van der Waals surface area contributed by atoms with Crippen LogP contribution >= 0.6 is 11.6 Å². The minimum atomic E-state index is -1.02. The van der Waals surface area contributed by atoms with Crippen molar-refractivity contribution >= 4 is 34.9 Å². The zero-order valence-electron chi connectivity index (χ0n) is 14.5. The molecule has 146 valence electrons. The lowest BCUT2D eigenvalue weighted by Crippen LogP contribution is -2.21. The largest absolute Gasteiger partial charge is 0.490 e. The van der Waals surface area contributed by atoms with Crippen molar-refractivity contribution in [3.63, 3.8) is 0 Å². The molecule has 1 heterocycles. The lowest BCUT2D eigenvalue weighted by Gasteiger charge is -2.11. The Kier molecular flexibility index (Phi) is 5.95. The van der Waals surface area contributed by atoms with Gasteiger partial charge in [-0.05, 0) is 24.3 Å². The van der Waals surface area contributed by atoms with E-state index in [0.717, 1.165) is 18.6 Å². The number of esters is 1. The van der Waals surface area contributed by atoms with Gasteiger partial charge in [-0.15, -0.1) is 0 Å². The van der Waals surface area contributed by atoms with Gasteiger partial charge in [0.25, 0.3) is 11.6 Å². The van der Waals surface area contributed by atoms with Crippen LogP contribution in [-0.4, -0.2) is 36.6 Å². The molecule has 0 aliphatic carbocycles. The Hall–Kier alpha value is -3.33. The molecule has 0 saturated heterocycles. The van der Waals surface area contributed by atoms with Gasteiger partial charge in [0.15, 0.2) is 18.1 Å². The van der Waals surface area contributed by atoms with E-state index in [1.165, 1.54) is 6.07 Å². The first kappa shape index (κ1) is 19.4. The average Bonchev–Trinajstić information content (AvgIpc) is 2.90. The molecule has 28 heavy (non-hydrogen) atoms. The molecule has 0 bridgehead atoms. The number of hydrogen-bond acceptors (Lipinski definition) is 7. The number of benzene rings is 2. The number of carbonyl (C=O) groups excluding carboxylic acids is 2. The number of halogens is 1. The van der Waals surface area contributed by atoms with E-state index in [1.54, 1.807) is 18.2 Å². The van der Waals surface area contributed by atoms with Gasteiger partial charge in [-0.3, -0.25) is 14.9 Å². The number of amides is 1. The minimum absolute atomic E-state index is 0.134. The molecule has 2 aromatic rings. The van der Waals surface area contributed by atoms with E-state index in [2.05, 4.69) is 5.32 Å². The Balaban J connectivity index is 1.62. The van der Waals surface area contributed by atoms with Crippen molar-refractivity contribution in [3.8, 4) is 11.5 Å². The molecule has 0 unspecified atom stereocenters. The highest BCUT2D eigenvalue weighted by molar-refractivity contribution is 6.31. The van der Waals surface area contributed by atoms with Crippen LogP contribution in [0.15, 0.2) is 36.4 Å². The number of ether oxygens (including phenoxy) is 3. The predicted molar refractivity (Wildman–Crippen MR) is 99.1 cm³/mol. The second-order valence-corrected chi connectivity index (χ2v) is 6.19. The van der Waals surface area contributed by atoms with Gasteiger partial charge < -0.3 is 19.5 Å². The van der Waals surface area contributed by atoms with E-state index in [1.807, 2.05) is 0 Å². The topological polar surface area (TPSA) is 117 Å². The van der Waals surface area contributed by atoms with E-state index in [0.29, 0.717) is 30.4 Å². The first-order valence-corrected chi connectivity index (χ1v) is 8.62. The number of fused-ring (bicyclic) bond motifs is 1. The zero-order chi connectivity index (χ0) is 20.1. The number of nitrogens with zero attached hydrogens (tertiary/aromatic N) is 1. The van der Waals surface area contributed by atoms with Gasteiger partial charge in [-0.1, -0.05) is 11.6 Å². The van der Waals surface area contributed by atoms with Gasteiger partial charge in [-0.25, -0.2) is 4.79 Å². The van der Waals surface area contributed by atoms with Crippen molar-refractivity contribution in [2.45, 2.75) is 6.42 Å². The molecule has 1 aliphatic rings. The van der Waals surface area contributed by atoms with Crippen LogP contribution < -0.4 is 14.8 Å². The van der Waals surface area contributed by atoms with Crippen molar-refractivity contribution in [2.24, 2.45) is 0 Å². The summed E-state index contributed by atoms with van der Waals surface area (Å²) >= 11 is 5.77. The SMILES string of the molecule is O=C(COC(=O)c1cc(Cl)ccc1[N+](=O)[O-])Nc1ccc2c(c1)OCCCO2. The lowest BCUT2D eigenvalue weighted by atomic mass is 10.2. The quantitative estimate of drug-likeness (QED) is 0.460. The molecular formula is C18H15ClN2O7. The highest BCUT2D eigenvalue weighted by Gasteiger charge is 2.22. The Morgan fingerprint density at radius 3 is 2.64 bits per heavy atom. The normalized spacial score (nSPS) is 12.6. The Morgan fingerprint density at radius 1 is 1.14 bits per heavy atom. The van der Waals surface area contributed by atoms with Crippen molar-refractivity contribution in [1.82, 2.24) is 0 Å². The fourth-order valence-corrected chi connectivity index (χ4v) is 2.65. The molecule has 0 radical (unpaired) electrons. The third-order valence-corrected chi connectivity index (χ3v) is 3.98. The van der Waals surface area contributed by atoms with Crippen LogP contribution in [0.25, 0.3) is 0 Å². The maximum atomic E-state index is 12.1. The number of nitrogens with one attached hydrogen (secondary N) is 1. The molecule has 3 rings (SSSR count). The fourth-order valence-electron chi connectivity index (χ4n) is 2.48. The Labute approximate surface area is 164 Å². The Bertz CT molecular complexity index is 932. The van der Waals surface area contributed by atoms with Crippen molar-refractivity contribution in [2.75, 3.05) is 25.1 Å². The number of anilines is 1. The smallest absolute Gasteiger partial charge is 0.345 e. The summed E-state index contributed by atoms with van der Waals surface area (Å²) < 4.78 is 15.9. The van der Waals surface area contributed by atoms with Gasteiger partial charge >= 0.3 is 5.97 Å². The van der Waals surface area contributed by atoms with E-state index >= 15 is 0 Å². The molecule has 0 fully saturated rings. The van der Waals surface area contributed by atoms with Crippen LogP contribution in [0.1, 0.15) is 16.8 Å². The van der Waals surface area contributed by atoms with Crippen LogP contribution in [0.4, 0.5) is 11.4 Å². The van der Waals surface area contributed by atoms with E-state index in [9.17, 15) is 19.7 Å². The molecule has 0 aromatic heterocycles. The molecule has 9 nitrogen and oxygen atoms in total. The summed E-state index contributed by atoms with van der Waals surface area (Å²) in [6, 6.07) is 8.38. The maximum Gasteiger partial charge on any atom is 0.345 e. The monoisotopic (exact) mass is 406 g/mol. The van der Waals surface area contributed by atoms with Crippen LogP contribution in [0.2, 0.25) is 5.02 Å². The number of rotatable bonds is 5. The highest BCUT2D eigenvalue weighted by atomic mass is 35.5. The van der Waals surface area contributed by atoms with Crippen molar-refractivity contribution in [3.05, 3.63) is 57.1 Å². The molecule has 0 spiro atoms. The summed E-state index contributed by atoms with van der Waals surface area (Å²) in [4.78, 5) is 34.4. The van der Waals surface area contributed by atoms with Crippen molar-refractivity contribution < 1.29 is 28.7 Å². The third kappa shape index (κ3) is 4.68. The number of carbonyl (C=O) groups is 2. The van der Waals surface area contributed by atoms with Crippen LogP contribution in [0.3, 0.4) is 0 Å². The molecule has 1 aliphatic heterocycles. The highest BCUT2D eigenvalue weighted by Crippen LogP contribution is 2.32. The number of nitro groups is 1. The minimum Gasteiger partial charge on any atom is -0.490 e. The fraction of sp³-hybridized carbons (Fsp3) is 0.222. The first-order chi connectivity index (χ1) is 13.4. The van der Waals surface area contributed by atoms with Crippen molar-refractivity contribution in [1.29, 1.82) is 0 Å². The van der Waals surface area contributed by atoms with Gasteiger partial charge in [-0.2, -0.15) is 0 Å². The van der Waals surface area contributed by atoms with E-state index in [-0.39, 0.29) is 10.6 Å². The van der Waals surface area contributed by atoms with Gasteiger partial charge in [0.1, 0.15) is 5.56 Å². The molecule has 10 heteroatoms. The molecule has 0 saturated carbocycles. The number of hydrogen-bond donors (Lipinski definition) is 1. The van der Waals surface area contributed by atoms with Gasteiger partial charge in [0, 0.05) is 29.3 Å². The summed E-state index contributed by atoms with van der Waals surface area (Å²) in [5.74, 6) is -0.562. The molecule has 0 atom stereocenters. The molecular weight excluding hydrogens is 392 g/mol. The second-order valence-electron chi connectivity index (χ2n) is 5.75. The van der Waals surface area contributed by atoms with Crippen LogP contribution in [0, 0.1) is 10.1 Å². The lowest BCUT2D eigenvalue weighted by molar-refractivity contribution is -0.385. The Morgan fingerprint density at radius 2 is 1.89 bits per heavy atom. The average molecular weight is 407 g/mol. The van der Waals surface area contributed by atoms with Gasteiger partial charge in [0.2, 0.25) is 0 Å². The second kappa shape index (κ2) is 8.57. The summed E-state index contributed by atoms with van der Waals surface area (Å²) in [6.45, 7) is 0.418. The van der Waals surface area contributed by atoms with E-state index < -0.39 is 29.1 Å². The third-order valence-electron chi connectivity index (χ3n) is 3.74. The number of nitro benzene ring substituents is 1.